The van der Waals surface area contributed by atoms with Crippen molar-refractivity contribution in [1.29, 1.82) is 0 Å². The molecule has 2 aromatic rings. The molecule has 2 N–H and O–H groups in total. The Hall–Kier alpha value is -3.37. The minimum Gasteiger partial charge on any atom is -0.462 e. The molecule has 1 unspecified atom stereocenters. The fraction of sp³-hybridized carbons (Fsp3) is 0.360. The molecule has 0 saturated heterocycles. The van der Waals surface area contributed by atoms with Gasteiger partial charge in [0.05, 0.1) is 24.1 Å². The molecule has 1 amide bonds. The van der Waals surface area contributed by atoms with Crippen LogP contribution in [0.3, 0.4) is 0 Å². The third kappa shape index (κ3) is 6.61. The molecule has 0 bridgehead atoms. The Balaban J connectivity index is 1.74. The molecule has 1 atom stereocenters. The Kier molecular flexibility index (Phi) is 8.18. The van der Waals surface area contributed by atoms with Gasteiger partial charge in [0, 0.05) is 41.6 Å². The van der Waals surface area contributed by atoms with Crippen LogP contribution < -0.4 is 14.9 Å². The minimum atomic E-state index is -3.41. The van der Waals surface area contributed by atoms with Gasteiger partial charge in [0.15, 0.2) is 0 Å². The second-order valence-corrected chi connectivity index (χ2v) is 10.5. The summed E-state index contributed by atoms with van der Waals surface area (Å²) in [7, 11) is 0.381. The van der Waals surface area contributed by atoms with Gasteiger partial charge in [-0.25, -0.2) is 13.2 Å². The highest BCUT2D eigenvalue weighted by Gasteiger charge is 2.26. The van der Waals surface area contributed by atoms with Crippen molar-refractivity contribution in [2.45, 2.75) is 19.9 Å². The largest absolute Gasteiger partial charge is 0.462 e. The van der Waals surface area contributed by atoms with E-state index in [1.807, 2.05) is 44.1 Å². The predicted molar refractivity (Wildman–Crippen MR) is 139 cm³/mol. The molecular weight excluding hydrogens is 468 g/mol. The fourth-order valence-electron chi connectivity index (χ4n) is 3.76. The van der Waals surface area contributed by atoms with Crippen LogP contribution in [-0.4, -0.2) is 71.3 Å². The number of esters is 1. The Morgan fingerprint density at radius 2 is 1.83 bits per heavy atom. The Bertz CT molecular complexity index is 1220. The van der Waals surface area contributed by atoms with Gasteiger partial charge >= 0.3 is 5.97 Å². The molecule has 0 aromatic heterocycles. The zero-order valence-corrected chi connectivity index (χ0v) is 21.5. The molecule has 0 spiro atoms. The van der Waals surface area contributed by atoms with E-state index in [0.29, 0.717) is 35.6 Å². The molecule has 0 saturated carbocycles. The maximum atomic E-state index is 12.6. The quantitative estimate of drug-likeness (QED) is 0.381. The highest BCUT2D eigenvalue weighted by atomic mass is 32.2. The van der Waals surface area contributed by atoms with E-state index in [4.69, 9.17) is 4.74 Å². The zero-order chi connectivity index (χ0) is 25.8. The van der Waals surface area contributed by atoms with Crippen molar-refractivity contribution in [3.05, 3.63) is 59.7 Å². The maximum Gasteiger partial charge on any atom is 0.338 e. The molecule has 0 aliphatic carbocycles. The number of nitrogens with zero attached hydrogens (tertiary/aromatic N) is 2. The average Bonchev–Trinajstić information content (AvgIpc) is 3.08. The second-order valence-electron chi connectivity index (χ2n) is 8.63. The molecule has 2 aromatic carbocycles. The summed E-state index contributed by atoms with van der Waals surface area (Å²) in [6, 6.07) is 11.9. The SMILES string of the molecule is CCOC(=O)c1ccc2c(c1)NC(=O)C2=CC(C)Nc1ccc(N(CCN(C)C)S(C)(=O)=O)cc1. The number of carbonyl (C=O) groups excluding carboxylic acids is 2. The summed E-state index contributed by atoms with van der Waals surface area (Å²) < 4.78 is 30.9. The predicted octanol–water partition coefficient (Wildman–Crippen LogP) is 3.03. The number of amides is 1. The molecule has 35 heavy (non-hydrogen) atoms. The monoisotopic (exact) mass is 500 g/mol. The first-order valence-electron chi connectivity index (χ1n) is 11.3. The number of anilines is 3. The third-order valence-electron chi connectivity index (χ3n) is 5.43. The van der Waals surface area contributed by atoms with Crippen LogP contribution in [0.15, 0.2) is 48.5 Å². The number of ether oxygens (including phenoxy) is 1. The van der Waals surface area contributed by atoms with Crippen molar-refractivity contribution >= 4 is 44.5 Å². The highest BCUT2D eigenvalue weighted by molar-refractivity contribution is 7.92. The first kappa shape index (κ1) is 26.2. The lowest BCUT2D eigenvalue weighted by Gasteiger charge is -2.24. The van der Waals surface area contributed by atoms with Gasteiger partial charge < -0.3 is 20.3 Å². The number of carbonyl (C=O) groups is 2. The molecule has 1 aliphatic heterocycles. The normalized spacial score (nSPS) is 15.0. The van der Waals surface area contributed by atoms with Crippen molar-refractivity contribution in [1.82, 2.24) is 4.90 Å². The van der Waals surface area contributed by atoms with Gasteiger partial charge in [-0.15, -0.1) is 0 Å². The van der Waals surface area contributed by atoms with E-state index in [9.17, 15) is 18.0 Å². The molecule has 188 valence electrons. The van der Waals surface area contributed by atoms with Gasteiger partial charge in [-0.3, -0.25) is 9.10 Å². The number of sulfonamides is 1. The smallest absolute Gasteiger partial charge is 0.338 e. The van der Waals surface area contributed by atoms with Crippen LogP contribution in [0.4, 0.5) is 17.1 Å². The number of hydrogen-bond acceptors (Lipinski definition) is 7. The zero-order valence-electron chi connectivity index (χ0n) is 20.7. The number of benzene rings is 2. The minimum absolute atomic E-state index is 0.197. The van der Waals surface area contributed by atoms with E-state index < -0.39 is 16.0 Å². The highest BCUT2D eigenvalue weighted by Crippen LogP contribution is 2.33. The first-order valence-corrected chi connectivity index (χ1v) is 13.2. The molecule has 9 nitrogen and oxygen atoms in total. The summed E-state index contributed by atoms with van der Waals surface area (Å²) in [5.41, 5.74) is 3.56. The van der Waals surface area contributed by atoms with Crippen LogP contribution >= 0.6 is 0 Å². The van der Waals surface area contributed by atoms with Gasteiger partial charge in [0.1, 0.15) is 0 Å². The molecular formula is C25H32N4O5S. The number of rotatable bonds is 10. The standard InChI is InChI=1S/C25H32N4O5S/c1-6-34-25(31)18-7-12-21-22(24(30)27-23(21)16-18)15-17(2)26-19-8-10-20(11-9-19)29(35(5,32)33)14-13-28(3)4/h7-12,15-17,26H,6,13-14H2,1-5H3,(H,27,30). The molecule has 10 heteroatoms. The maximum absolute atomic E-state index is 12.6. The van der Waals surface area contributed by atoms with Crippen LogP contribution in [0.1, 0.15) is 29.8 Å². The second kappa shape index (κ2) is 10.9. The summed E-state index contributed by atoms with van der Waals surface area (Å²) in [5, 5.41) is 6.11. The van der Waals surface area contributed by atoms with E-state index in [2.05, 4.69) is 10.6 Å². The lowest BCUT2D eigenvalue weighted by molar-refractivity contribution is -0.110. The van der Waals surface area contributed by atoms with Crippen molar-refractivity contribution in [3.8, 4) is 0 Å². The van der Waals surface area contributed by atoms with Crippen LogP contribution in [-0.2, 0) is 19.6 Å². The van der Waals surface area contributed by atoms with Crippen LogP contribution in [0, 0.1) is 0 Å². The van der Waals surface area contributed by atoms with Gasteiger partial charge in [-0.05, 0) is 70.4 Å². The summed E-state index contributed by atoms with van der Waals surface area (Å²) >= 11 is 0. The molecule has 0 radical (unpaired) electrons. The van der Waals surface area contributed by atoms with Crippen molar-refractivity contribution < 1.29 is 22.7 Å². The number of nitrogens with one attached hydrogen (secondary N) is 2. The molecule has 1 heterocycles. The molecule has 1 aliphatic rings. The van der Waals surface area contributed by atoms with Gasteiger partial charge in [0.2, 0.25) is 10.0 Å². The van der Waals surface area contributed by atoms with Crippen molar-refractivity contribution in [3.63, 3.8) is 0 Å². The summed E-state index contributed by atoms with van der Waals surface area (Å²) in [6.07, 6.45) is 3.02. The average molecular weight is 501 g/mol. The van der Waals surface area contributed by atoms with E-state index in [1.165, 1.54) is 10.6 Å². The third-order valence-corrected chi connectivity index (χ3v) is 6.62. The Morgan fingerprint density at radius 3 is 2.43 bits per heavy atom. The van der Waals surface area contributed by atoms with Crippen LogP contribution in [0.2, 0.25) is 0 Å². The van der Waals surface area contributed by atoms with Crippen molar-refractivity contribution in [2.24, 2.45) is 0 Å². The molecule has 0 fully saturated rings. The Labute approximate surface area is 206 Å². The van der Waals surface area contributed by atoms with E-state index in [-0.39, 0.29) is 18.6 Å². The van der Waals surface area contributed by atoms with Gasteiger partial charge in [-0.2, -0.15) is 0 Å². The fourth-order valence-corrected chi connectivity index (χ4v) is 4.68. The van der Waals surface area contributed by atoms with Gasteiger partial charge in [-0.1, -0.05) is 6.07 Å². The summed E-state index contributed by atoms with van der Waals surface area (Å²) in [6.45, 7) is 4.89. The topological polar surface area (TPSA) is 108 Å². The summed E-state index contributed by atoms with van der Waals surface area (Å²) in [5.74, 6) is -0.675. The van der Waals surface area contributed by atoms with Crippen molar-refractivity contribution in [2.75, 3.05) is 55.0 Å². The first-order chi connectivity index (χ1) is 16.5. The molecule has 3 rings (SSSR count). The number of hydrogen-bond donors (Lipinski definition) is 2. The van der Waals surface area contributed by atoms with Crippen LogP contribution in [0.5, 0.6) is 0 Å². The van der Waals surface area contributed by atoms with Crippen LogP contribution in [0.25, 0.3) is 5.57 Å². The van der Waals surface area contributed by atoms with Gasteiger partial charge in [0.25, 0.3) is 5.91 Å². The summed E-state index contributed by atoms with van der Waals surface area (Å²) in [4.78, 5) is 26.5. The van der Waals surface area contributed by atoms with E-state index >= 15 is 0 Å². The van der Waals surface area contributed by atoms with E-state index in [0.717, 1.165) is 11.3 Å². The number of likely N-dealkylation sites (N-methyl/N-ethyl adjacent to an activating group) is 1. The lowest BCUT2D eigenvalue weighted by atomic mass is 10.0. The lowest BCUT2D eigenvalue weighted by Crippen LogP contribution is -2.36. The Morgan fingerprint density at radius 1 is 1.14 bits per heavy atom. The van der Waals surface area contributed by atoms with E-state index in [1.54, 1.807) is 37.3 Å². The number of fused-ring (bicyclic) bond motifs is 1.